The van der Waals surface area contributed by atoms with E-state index in [1.807, 2.05) is 103 Å². The van der Waals surface area contributed by atoms with Gasteiger partial charge in [-0.2, -0.15) is 0 Å². The van der Waals surface area contributed by atoms with Crippen LogP contribution in [-0.4, -0.2) is 55.4 Å². The van der Waals surface area contributed by atoms with Gasteiger partial charge in [0.15, 0.2) is 0 Å². The average Bonchev–Trinajstić information content (AvgIpc) is 3.19. The zero-order valence-electron chi connectivity index (χ0n) is 29.8. The highest BCUT2D eigenvalue weighted by molar-refractivity contribution is 5.68. The predicted molar refractivity (Wildman–Crippen MR) is 195 cm³/mol. The van der Waals surface area contributed by atoms with Gasteiger partial charge in [-0.1, -0.05) is 48.5 Å². The first-order valence-corrected chi connectivity index (χ1v) is 16.6. The standard InChI is InChI=1S/C41H43N3O8/c1-47-36-13-5-30(6-14-36)24-43(25-31-7-15-37(48-2)16-8-31)40(45)51-28-34-21-35(23-42-22-34)29-52-41(46)44(26-32-9-17-38(49-3)18-10-32)27-33-11-19-39(50-4)20-12-33/h5-23H,24-29H2,1-4H3. The van der Waals surface area contributed by atoms with Crippen LogP contribution in [0.5, 0.6) is 23.0 Å². The number of hydrogen-bond acceptors (Lipinski definition) is 9. The second-order valence-electron chi connectivity index (χ2n) is 11.9. The first-order chi connectivity index (χ1) is 25.3. The van der Waals surface area contributed by atoms with E-state index in [0.717, 1.165) is 45.3 Å². The number of methoxy groups -OCH3 is 4. The molecular formula is C41H43N3O8. The Labute approximate surface area is 304 Å². The molecule has 0 aliphatic heterocycles. The van der Waals surface area contributed by atoms with Crippen molar-refractivity contribution in [2.45, 2.75) is 39.4 Å². The predicted octanol–water partition coefficient (Wildman–Crippen LogP) is 7.79. The number of pyridine rings is 1. The molecule has 0 fully saturated rings. The summed E-state index contributed by atoms with van der Waals surface area (Å²) in [6.45, 7) is 1.27. The smallest absolute Gasteiger partial charge is 0.410 e. The number of aromatic nitrogens is 1. The van der Waals surface area contributed by atoms with Gasteiger partial charge in [-0.3, -0.25) is 14.8 Å². The van der Waals surface area contributed by atoms with Crippen molar-refractivity contribution in [1.29, 1.82) is 0 Å². The molecule has 0 unspecified atom stereocenters. The lowest BCUT2D eigenvalue weighted by molar-refractivity contribution is 0.0898. The van der Waals surface area contributed by atoms with Crippen LogP contribution >= 0.6 is 0 Å². The minimum Gasteiger partial charge on any atom is -0.497 e. The lowest BCUT2D eigenvalue weighted by Gasteiger charge is -2.23. The summed E-state index contributed by atoms with van der Waals surface area (Å²) in [6.07, 6.45) is 2.26. The SMILES string of the molecule is COc1ccc(CN(Cc2ccc(OC)cc2)C(=O)OCc2cncc(COC(=O)N(Cc3ccc(OC)cc3)Cc3ccc(OC)cc3)c2)cc1. The lowest BCUT2D eigenvalue weighted by Crippen LogP contribution is -2.31. The molecule has 1 heterocycles. The Kier molecular flexibility index (Phi) is 13.3. The second kappa shape index (κ2) is 18.7. The molecule has 0 bridgehead atoms. The van der Waals surface area contributed by atoms with Crippen molar-refractivity contribution in [1.82, 2.24) is 14.8 Å². The number of hydrogen-bond donors (Lipinski definition) is 0. The minimum atomic E-state index is -0.490. The molecule has 2 amide bonds. The van der Waals surface area contributed by atoms with Gasteiger partial charge in [0.25, 0.3) is 0 Å². The summed E-state index contributed by atoms with van der Waals surface area (Å²) in [7, 11) is 6.44. The maximum atomic E-state index is 13.5. The van der Waals surface area contributed by atoms with Crippen molar-refractivity contribution in [2.75, 3.05) is 28.4 Å². The summed E-state index contributed by atoms with van der Waals surface area (Å²) >= 11 is 0. The Morgan fingerprint density at radius 2 is 0.712 bits per heavy atom. The van der Waals surface area contributed by atoms with Crippen LogP contribution in [0.3, 0.4) is 0 Å². The maximum Gasteiger partial charge on any atom is 0.410 e. The topological polar surface area (TPSA) is 109 Å². The van der Waals surface area contributed by atoms with Gasteiger partial charge in [0.05, 0.1) is 28.4 Å². The minimum absolute atomic E-state index is 0.0175. The molecule has 1 aromatic heterocycles. The summed E-state index contributed by atoms with van der Waals surface area (Å²) in [4.78, 5) is 34.5. The van der Waals surface area contributed by atoms with Crippen molar-refractivity contribution < 1.29 is 38.0 Å². The van der Waals surface area contributed by atoms with Crippen LogP contribution < -0.4 is 18.9 Å². The Balaban J connectivity index is 1.22. The summed E-state index contributed by atoms with van der Waals surface area (Å²) < 4.78 is 32.7. The Hall–Kier alpha value is -6.23. The number of benzene rings is 4. The normalized spacial score (nSPS) is 10.5. The number of carbonyl (C=O) groups is 2. The zero-order valence-corrected chi connectivity index (χ0v) is 29.8. The number of ether oxygens (including phenoxy) is 6. The van der Waals surface area contributed by atoms with Crippen molar-refractivity contribution in [3.63, 3.8) is 0 Å². The summed E-state index contributed by atoms with van der Waals surface area (Å²) in [6, 6.07) is 32.0. The molecule has 0 saturated carbocycles. The Bertz CT molecular complexity index is 1630. The Morgan fingerprint density at radius 3 is 0.962 bits per heavy atom. The fourth-order valence-electron chi connectivity index (χ4n) is 5.35. The van der Waals surface area contributed by atoms with Crippen LogP contribution in [0, 0.1) is 0 Å². The Morgan fingerprint density at radius 1 is 0.442 bits per heavy atom. The van der Waals surface area contributed by atoms with Crippen LogP contribution in [0.2, 0.25) is 0 Å². The largest absolute Gasteiger partial charge is 0.497 e. The van der Waals surface area contributed by atoms with Gasteiger partial charge in [0.2, 0.25) is 0 Å². The van der Waals surface area contributed by atoms with Gasteiger partial charge < -0.3 is 28.4 Å². The van der Waals surface area contributed by atoms with Gasteiger partial charge in [-0.15, -0.1) is 0 Å². The molecule has 52 heavy (non-hydrogen) atoms. The maximum absolute atomic E-state index is 13.5. The summed E-state index contributed by atoms with van der Waals surface area (Å²) in [5, 5.41) is 0. The molecule has 0 aliphatic carbocycles. The quantitative estimate of drug-likeness (QED) is 0.102. The molecule has 0 N–H and O–H groups in total. The van der Waals surface area contributed by atoms with Crippen molar-refractivity contribution in [2.24, 2.45) is 0 Å². The number of carbonyl (C=O) groups excluding carboxylic acids is 2. The van der Waals surface area contributed by atoms with Gasteiger partial charge in [-0.25, -0.2) is 9.59 Å². The highest BCUT2D eigenvalue weighted by Crippen LogP contribution is 2.20. The van der Waals surface area contributed by atoms with Gasteiger partial charge in [-0.05, 0) is 76.9 Å². The highest BCUT2D eigenvalue weighted by atomic mass is 16.6. The molecule has 0 saturated heterocycles. The first kappa shape index (κ1) is 37.0. The molecular weight excluding hydrogens is 662 g/mol. The number of rotatable bonds is 16. The third-order valence-corrected chi connectivity index (χ3v) is 8.22. The molecule has 0 aliphatic rings. The van der Waals surface area contributed by atoms with Crippen molar-refractivity contribution in [3.8, 4) is 23.0 Å². The van der Waals surface area contributed by atoms with E-state index in [1.165, 1.54) is 0 Å². The number of amides is 2. The molecule has 5 rings (SSSR count). The third-order valence-electron chi connectivity index (χ3n) is 8.22. The molecule has 0 radical (unpaired) electrons. The fraction of sp³-hybridized carbons (Fsp3) is 0.244. The average molecular weight is 706 g/mol. The van der Waals surface area contributed by atoms with Crippen LogP contribution in [0.1, 0.15) is 33.4 Å². The molecule has 0 spiro atoms. The molecule has 11 heteroatoms. The van der Waals surface area contributed by atoms with Crippen LogP contribution in [0.4, 0.5) is 9.59 Å². The first-order valence-electron chi connectivity index (χ1n) is 16.6. The van der Waals surface area contributed by atoms with E-state index in [4.69, 9.17) is 28.4 Å². The van der Waals surface area contributed by atoms with Crippen LogP contribution in [0.15, 0.2) is 116 Å². The monoisotopic (exact) mass is 705 g/mol. The van der Waals surface area contributed by atoms with Crippen LogP contribution in [0.25, 0.3) is 0 Å². The fourth-order valence-corrected chi connectivity index (χ4v) is 5.35. The molecule has 4 aromatic carbocycles. The zero-order chi connectivity index (χ0) is 36.7. The van der Waals surface area contributed by atoms with Gasteiger partial charge in [0.1, 0.15) is 36.2 Å². The highest BCUT2D eigenvalue weighted by Gasteiger charge is 2.19. The van der Waals surface area contributed by atoms with E-state index in [0.29, 0.717) is 37.3 Å². The van der Waals surface area contributed by atoms with Crippen molar-refractivity contribution >= 4 is 12.2 Å². The lowest BCUT2D eigenvalue weighted by atomic mass is 10.1. The molecule has 270 valence electrons. The number of nitrogens with zero attached hydrogens (tertiary/aromatic N) is 3. The van der Waals surface area contributed by atoms with Gasteiger partial charge >= 0.3 is 12.2 Å². The second-order valence-corrected chi connectivity index (χ2v) is 11.9. The van der Waals surface area contributed by atoms with E-state index >= 15 is 0 Å². The van der Waals surface area contributed by atoms with Gasteiger partial charge in [0, 0.05) is 49.7 Å². The molecule has 5 aromatic rings. The van der Waals surface area contributed by atoms with Crippen molar-refractivity contribution in [3.05, 3.63) is 149 Å². The van der Waals surface area contributed by atoms with E-state index in [1.54, 1.807) is 50.6 Å². The third kappa shape index (κ3) is 10.9. The molecule has 0 atom stereocenters. The molecule has 11 nitrogen and oxygen atoms in total. The summed E-state index contributed by atoms with van der Waals surface area (Å²) in [5.74, 6) is 2.92. The summed E-state index contributed by atoms with van der Waals surface area (Å²) in [5.41, 5.74) is 5.00. The van der Waals surface area contributed by atoms with E-state index in [-0.39, 0.29) is 13.2 Å². The van der Waals surface area contributed by atoms with E-state index in [9.17, 15) is 9.59 Å². The van der Waals surface area contributed by atoms with Crippen LogP contribution in [-0.2, 0) is 48.9 Å². The van der Waals surface area contributed by atoms with E-state index in [2.05, 4.69) is 4.98 Å². The van der Waals surface area contributed by atoms with E-state index < -0.39 is 12.2 Å².